The van der Waals surface area contributed by atoms with Crippen LogP contribution in [0.15, 0.2) is 18.2 Å². The van der Waals surface area contributed by atoms with Gasteiger partial charge < -0.3 is 62.1 Å². The van der Waals surface area contributed by atoms with Crippen LogP contribution in [0.4, 0.5) is 5.69 Å². The van der Waals surface area contributed by atoms with Gasteiger partial charge >= 0.3 is 0 Å². The average molecular weight is 1020 g/mol. The summed E-state index contributed by atoms with van der Waals surface area (Å²) in [5.41, 5.74) is 11.0. The Morgan fingerprint density at radius 1 is 0.792 bits per heavy atom. The molecule has 2 aromatic rings. The number of nitrogens with two attached hydrogens (primary N) is 2. The molecule has 0 aliphatic rings. The fourth-order valence-corrected chi connectivity index (χ4v) is 9.08. The summed E-state index contributed by atoms with van der Waals surface area (Å²) in [6, 6.07) is -0.189. The molecule has 0 aliphatic carbocycles. The molecule has 0 heterocycles. The molecule has 12 N–H and O–H groups in total. The normalized spacial score (nSPS) is 15.5. The Hall–Kier alpha value is -1.65. The largest absolute Gasteiger partial charge is 0.398 e. The van der Waals surface area contributed by atoms with Gasteiger partial charge in [0.25, 0.3) is 11.8 Å². The van der Waals surface area contributed by atoms with E-state index in [0.29, 0.717) is 0 Å². The summed E-state index contributed by atoms with van der Waals surface area (Å²) in [6.45, 7) is -2.78. The number of likely N-dealkylation sites (N-methyl/N-ethyl adjacent to an activating group) is 2. The van der Waals surface area contributed by atoms with E-state index in [1.165, 1.54) is 20.2 Å². The van der Waals surface area contributed by atoms with Crippen molar-refractivity contribution >= 4 is 96.8 Å². The van der Waals surface area contributed by atoms with Gasteiger partial charge in [-0.1, -0.05) is 6.07 Å². The Kier molecular flexibility index (Phi) is 15.8. The average Bonchev–Trinajstić information content (AvgIpc) is 3.07. The summed E-state index contributed by atoms with van der Waals surface area (Å²) in [5.74, 6) is -4.08. The first-order valence-electron chi connectivity index (χ1n) is 14.5. The number of nitrogens with zero attached hydrogens (tertiary/aromatic N) is 2. The Morgan fingerprint density at radius 3 is 1.67 bits per heavy atom. The molecule has 0 saturated heterocycles. The lowest BCUT2D eigenvalue weighted by molar-refractivity contribution is -0.125. The highest BCUT2D eigenvalue weighted by Gasteiger charge is 2.37. The minimum absolute atomic E-state index is 0.0133. The van der Waals surface area contributed by atoms with Crippen molar-refractivity contribution in [2.24, 2.45) is 5.73 Å². The van der Waals surface area contributed by atoms with Crippen LogP contribution in [0.25, 0.3) is 11.1 Å². The number of carbonyl (C=O) groups is 4. The molecular weight excluding hydrogens is 977 g/mol. The summed E-state index contributed by atoms with van der Waals surface area (Å²) in [6.07, 6.45) is -8.63. The predicted molar refractivity (Wildman–Crippen MR) is 197 cm³/mol. The van der Waals surface area contributed by atoms with E-state index in [1.807, 2.05) is 67.8 Å². The molecule has 0 bridgehead atoms. The number of benzene rings is 2. The maximum absolute atomic E-state index is 13.8. The van der Waals surface area contributed by atoms with E-state index in [1.54, 1.807) is 0 Å². The first-order chi connectivity index (χ1) is 22.8. The Labute approximate surface area is 317 Å². The highest BCUT2D eigenvalue weighted by Crippen LogP contribution is 2.40. The monoisotopic (exact) mass is 1010 g/mol. The number of Topliss-reactive ketones (excluding diaryl/α,β-unsaturated/α-hetero) is 2. The van der Waals surface area contributed by atoms with Crippen LogP contribution in [0.2, 0.25) is 0 Å². The zero-order valence-corrected chi connectivity index (χ0v) is 32.0. The molecular formula is C29H37I3N4O12. The molecule has 266 valence electrons. The van der Waals surface area contributed by atoms with E-state index < -0.39 is 97.1 Å². The topological polar surface area (TPSA) is 289 Å². The number of rotatable bonds is 16. The third-order valence-corrected chi connectivity index (χ3v) is 10.4. The lowest BCUT2D eigenvalue weighted by Gasteiger charge is -2.26. The molecule has 2 rings (SSSR count). The van der Waals surface area contributed by atoms with Crippen LogP contribution in [0.3, 0.4) is 0 Å². The number of aliphatic hydroxyl groups is 8. The maximum atomic E-state index is 13.8. The smallest absolute Gasteiger partial charge is 0.255 e. The summed E-state index contributed by atoms with van der Waals surface area (Å²) >= 11 is 5.50. The molecule has 0 radical (unpaired) electrons. The summed E-state index contributed by atoms with van der Waals surface area (Å²) in [4.78, 5) is 55.8. The lowest BCUT2D eigenvalue weighted by atomic mass is 9.92. The third kappa shape index (κ3) is 9.56. The first kappa shape index (κ1) is 40.8. The highest BCUT2D eigenvalue weighted by atomic mass is 127. The van der Waals surface area contributed by atoms with E-state index >= 15 is 0 Å². The summed E-state index contributed by atoms with van der Waals surface area (Å²) in [7, 11) is 2.74. The van der Waals surface area contributed by atoms with Gasteiger partial charge in [-0.2, -0.15) is 0 Å². The molecule has 0 saturated carbocycles. The number of aliphatic hydroxyl groups excluding tert-OH is 8. The standard InChI is InChI=1S/C29H37I3N4O12/c1-35(6-12(40)8-37)28(47)18-20(30)17(21(31)19(22(18)32)29(48)36(2)7-13(41)9-38)11-3-4-14(15(33)5-11)24(43)26(45)23(34)27(46)25(44)16(42)10-39/h3-5,12-13,16,23,25,27,37-42,44,46H,6-10,33-34H2,1-2H3/t12?,13?,16-,23+,25-,27-/m1/s1/i5D. The third-order valence-electron chi connectivity index (χ3n) is 7.14. The van der Waals surface area contributed by atoms with Gasteiger partial charge in [-0.15, -0.1) is 0 Å². The Bertz CT molecular complexity index is 1530. The van der Waals surface area contributed by atoms with Crippen LogP contribution in [-0.4, -0.2) is 158 Å². The van der Waals surface area contributed by atoms with Gasteiger partial charge in [0.15, 0.2) is 0 Å². The van der Waals surface area contributed by atoms with Crippen molar-refractivity contribution in [2.45, 2.75) is 36.6 Å². The molecule has 2 aromatic carbocycles. The first-order valence-corrected chi connectivity index (χ1v) is 17.2. The molecule has 0 spiro atoms. The van der Waals surface area contributed by atoms with Gasteiger partial charge in [0.05, 0.1) is 44.5 Å². The van der Waals surface area contributed by atoms with Crippen molar-refractivity contribution in [3.05, 3.63) is 45.6 Å². The van der Waals surface area contributed by atoms with Crippen molar-refractivity contribution in [3.8, 4) is 11.1 Å². The minimum atomic E-state index is -2.15. The number of hydrogen-bond donors (Lipinski definition) is 10. The lowest BCUT2D eigenvalue weighted by Crippen LogP contribution is -2.54. The van der Waals surface area contributed by atoms with Crippen molar-refractivity contribution in [1.29, 1.82) is 0 Å². The number of amides is 2. The summed E-state index contributed by atoms with van der Waals surface area (Å²) in [5, 5.41) is 77.3. The zero-order chi connectivity index (χ0) is 37.7. The van der Waals surface area contributed by atoms with Gasteiger partial charge in [-0.25, -0.2) is 0 Å². The SMILES string of the molecule is [2H]c1c(-c2c(I)c(C(=O)N(C)CC(O)CO)c(I)c(C(=O)N(C)CC(O)CO)c2I)ccc(C(=O)C(=O)[C@H](N)[C@@H](O)[C@H](O)[C@H](O)CO)c1N. The van der Waals surface area contributed by atoms with Gasteiger partial charge in [0, 0.05) is 54.7 Å². The van der Waals surface area contributed by atoms with Crippen LogP contribution in [0.1, 0.15) is 32.4 Å². The van der Waals surface area contributed by atoms with E-state index in [0.717, 1.165) is 15.9 Å². The molecule has 48 heavy (non-hydrogen) atoms. The number of nitrogen functional groups attached to an aromatic ring is 1. The van der Waals surface area contributed by atoms with E-state index in [-0.39, 0.29) is 46.1 Å². The second-order valence-electron chi connectivity index (χ2n) is 10.8. The molecule has 0 fully saturated rings. The zero-order valence-electron chi connectivity index (χ0n) is 26.5. The van der Waals surface area contributed by atoms with Crippen molar-refractivity contribution in [2.75, 3.05) is 52.7 Å². The molecule has 16 nitrogen and oxygen atoms in total. The van der Waals surface area contributed by atoms with Gasteiger partial charge in [-0.05, 0) is 85.4 Å². The molecule has 19 heteroatoms. The molecule has 2 amide bonds. The maximum Gasteiger partial charge on any atom is 0.255 e. The fraction of sp³-hybridized carbons (Fsp3) is 0.448. The van der Waals surface area contributed by atoms with Gasteiger partial charge in [0.2, 0.25) is 11.6 Å². The van der Waals surface area contributed by atoms with Crippen LogP contribution in [0, 0.1) is 10.7 Å². The van der Waals surface area contributed by atoms with Crippen molar-refractivity contribution in [3.63, 3.8) is 0 Å². The summed E-state index contributed by atoms with van der Waals surface area (Å²) < 4.78 is 9.52. The molecule has 0 aromatic heterocycles. The Morgan fingerprint density at radius 2 is 1.25 bits per heavy atom. The van der Waals surface area contributed by atoms with Crippen LogP contribution in [-0.2, 0) is 4.79 Å². The second kappa shape index (κ2) is 18.5. The highest BCUT2D eigenvalue weighted by molar-refractivity contribution is 14.1. The van der Waals surface area contributed by atoms with Crippen LogP contribution >= 0.6 is 67.8 Å². The predicted octanol–water partition coefficient (Wildman–Crippen LogP) is -2.25. The van der Waals surface area contributed by atoms with Crippen LogP contribution < -0.4 is 11.5 Å². The van der Waals surface area contributed by atoms with Crippen molar-refractivity contribution in [1.82, 2.24) is 9.80 Å². The number of ketones is 2. The molecule has 6 atom stereocenters. The van der Waals surface area contributed by atoms with Crippen LogP contribution in [0.5, 0.6) is 0 Å². The van der Waals surface area contributed by atoms with Gasteiger partial charge in [-0.3, -0.25) is 19.2 Å². The Balaban J connectivity index is 2.81. The molecule has 0 aliphatic heterocycles. The number of hydrogen-bond acceptors (Lipinski definition) is 14. The van der Waals surface area contributed by atoms with Gasteiger partial charge in [0.1, 0.15) is 24.4 Å². The minimum Gasteiger partial charge on any atom is -0.398 e. The second-order valence-corrected chi connectivity index (χ2v) is 14.0. The quantitative estimate of drug-likeness (QED) is 0.0369. The number of anilines is 1. The van der Waals surface area contributed by atoms with Crippen molar-refractivity contribution < 1.29 is 61.4 Å². The fourth-order valence-electron chi connectivity index (χ4n) is 4.41. The van der Waals surface area contributed by atoms with E-state index in [9.17, 15) is 54.9 Å². The van der Waals surface area contributed by atoms with E-state index in [4.69, 9.17) is 17.9 Å². The van der Waals surface area contributed by atoms with E-state index in [2.05, 4.69) is 0 Å². The molecule has 2 unspecified atom stereocenters. The number of carbonyl (C=O) groups excluding carboxylic acids is 4. The number of halogens is 3.